The van der Waals surface area contributed by atoms with Crippen LogP contribution in [0.3, 0.4) is 0 Å². The Morgan fingerprint density at radius 2 is 1.93 bits per heavy atom. The summed E-state index contributed by atoms with van der Waals surface area (Å²) < 4.78 is 0. The highest BCUT2D eigenvalue weighted by Gasteiger charge is 2.34. The second-order valence-electron chi connectivity index (χ2n) is 5.79. The van der Waals surface area contributed by atoms with E-state index in [-0.39, 0.29) is 5.92 Å². The number of carbonyl (C=O) groups is 1. The average molecular weight is 197 g/mol. The molecule has 14 heavy (non-hydrogen) atoms. The molecule has 1 unspecified atom stereocenters. The summed E-state index contributed by atoms with van der Waals surface area (Å²) in [6, 6.07) is 0. The van der Waals surface area contributed by atoms with E-state index in [1.807, 2.05) is 18.7 Å². The number of rotatable bonds is 1. The molecule has 1 saturated heterocycles. The summed E-state index contributed by atoms with van der Waals surface area (Å²) in [5, 5.41) is 0. The fraction of sp³-hybridized carbons (Fsp3) is 0.917. The van der Waals surface area contributed by atoms with E-state index in [0.29, 0.717) is 17.2 Å². The summed E-state index contributed by atoms with van der Waals surface area (Å²) in [7, 11) is 0. The summed E-state index contributed by atoms with van der Waals surface area (Å²) >= 11 is 0. The molecule has 0 saturated carbocycles. The van der Waals surface area contributed by atoms with Crippen LogP contribution in [0.25, 0.3) is 0 Å². The van der Waals surface area contributed by atoms with Gasteiger partial charge >= 0.3 is 0 Å². The average Bonchev–Trinajstić information content (AvgIpc) is 2.49. The van der Waals surface area contributed by atoms with Crippen molar-refractivity contribution in [2.24, 2.45) is 17.3 Å². The van der Waals surface area contributed by atoms with E-state index >= 15 is 0 Å². The van der Waals surface area contributed by atoms with Crippen LogP contribution in [0.5, 0.6) is 0 Å². The molecule has 0 aliphatic carbocycles. The van der Waals surface area contributed by atoms with Crippen molar-refractivity contribution in [2.45, 2.75) is 41.0 Å². The van der Waals surface area contributed by atoms with E-state index in [0.717, 1.165) is 13.1 Å². The van der Waals surface area contributed by atoms with Gasteiger partial charge in [-0.15, -0.1) is 0 Å². The summed E-state index contributed by atoms with van der Waals surface area (Å²) in [5.41, 5.74) is 0.339. The zero-order valence-corrected chi connectivity index (χ0v) is 10.1. The molecule has 0 spiro atoms. The largest absolute Gasteiger partial charge is 0.342 e. The second kappa shape index (κ2) is 3.92. The molecule has 0 aromatic heterocycles. The van der Waals surface area contributed by atoms with Gasteiger partial charge in [-0.2, -0.15) is 0 Å². The zero-order chi connectivity index (χ0) is 10.9. The van der Waals surface area contributed by atoms with Crippen LogP contribution < -0.4 is 0 Å². The number of nitrogens with zero attached hydrogens (tertiary/aromatic N) is 1. The first-order valence-corrected chi connectivity index (χ1v) is 5.61. The molecule has 2 nitrogen and oxygen atoms in total. The molecular formula is C12H23NO. The van der Waals surface area contributed by atoms with E-state index in [4.69, 9.17) is 0 Å². The molecule has 1 atom stereocenters. The van der Waals surface area contributed by atoms with Gasteiger partial charge in [0.25, 0.3) is 0 Å². The lowest BCUT2D eigenvalue weighted by Crippen LogP contribution is -2.33. The minimum atomic E-state index is 0.147. The van der Waals surface area contributed by atoms with Crippen LogP contribution in [0, 0.1) is 17.3 Å². The lowest BCUT2D eigenvalue weighted by atomic mass is 9.80. The van der Waals surface area contributed by atoms with Crippen LogP contribution in [0.1, 0.15) is 41.0 Å². The highest BCUT2D eigenvalue weighted by molar-refractivity contribution is 5.78. The minimum absolute atomic E-state index is 0.147. The Morgan fingerprint density at radius 3 is 2.29 bits per heavy atom. The maximum atomic E-state index is 11.7. The highest BCUT2D eigenvalue weighted by atomic mass is 16.2. The van der Waals surface area contributed by atoms with Crippen LogP contribution in [-0.2, 0) is 4.79 Å². The predicted octanol–water partition coefficient (Wildman–Crippen LogP) is 2.54. The van der Waals surface area contributed by atoms with Crippen LogP contribution in [-0.4, -0.2) is 23.9 Å². The van der Waals surface area contributed by atoms with Crippen LogP contribution in [0.15, 0.2) is 0 Å². The van der Waals surface area contributed by atoms with Crippen molar-refractivity contribution >= 4 is 5.91 Å². The summed E-state index contributed by atoms with van der Waals surface area (Å²) in [5.74, 6) is 1.13. The van der Waals surface area contributed by atoms with E-state index in [9.17, 15) is 4.79 Å². The third-order valence-corrected chi connectivity index (χ3v) is 3.22. The van der Waals surface area contributed by atoms with Gasteiger partial charge in [0.15, 0.2) is 0 Å². The number of hydrogen-bond acceptors (Lipinski definition) is 1. The molecule has 1 aliphatic heterocycles. The van der Waals surface area contributed by atoms with E-state index in [1.165, 1.54) is 6.42 Å². The molecule has 82 valence electrons. The fourth-order valence-corrected chi connectivity index (χ4v) is 2.03. The van der Waals surface area contributed by atoms with Crippen molar-refractivity contribution in [1.82, 2.24) is 4.90 Å². The van der Waals surface area contributed by atoms with Crippen molar-refractivity contribution in [3.8, 4) is 0 Å². The van der Waals surface area contributed by atoms with Gasteiger partial charge in [0.2, 0.25) is 5.91 Å². The zero-order valence-electron chi connectivity index (χ0n) is 10.1. The first-order valence-electron chi connectivity index (χ1n) is 5.61. The van der Waals surface area contributed by atoms with Crippen molar-refractivity contribution < 1.29 is 4.79 Å². The SMILES string of the molecule is CC(C)C(=O)N1CCC(C(C)(C)C)C1. The van der Waals surface area contributed by atoms with Gasteiger partial charge < -0.3 is 4.90 Å². The molecule has 0 aromatic carbocycles. The quantitative estimate of drug-likeness (QED) is 0.632. The molecule has 0 aromatic rings. The first kappa shape index (κ1) is 11.5. The Morgan fingerprint density at radius 1 is 1.36 bits per heavy atom. The van der Waals surface area contributed by atoms with Crippen LogP contribution in [0.2, 0.25) is 0 Å². The van der Waals surface area contributed by atoms with Gasteiger partial charge in [-0.05, 0) is 17.8 Å². The Labute approximate surface area is 87.7 Å². The second-order valence-corrected chi connectivity index (χ2v) is 5.79. The smallest absolute Gasteiger partial charge is 0.225 e. The lowest BCUT2D eigenvalue weighted by Gasteiger charge is -2.27. The molecule has 1 heterocycles. The van der Waals surface area contributed by atoms with Crippen molar-refractivity contribution in [1.29, 1.82) is 0 Å². The van der Waals surface area contributed by atoms with Gasteiger partial charge in [0, 0.05) is 19.0 Å². The van der Waals surface area contributed by atoms with Gasteiger partial charge in [0.1, 0.15) is 0 Å². The van der Waals surface area contributed by atoms with Crippen LogP contribution >= 0.6 is 0 Å². The van der Waals surface area contributed by atoms with Crippen LogP contribution in [0.4, 0.5) is 0 Å². The van der Waals surface area contributed by atoms with Gasteiger partial charge in [-0.3, -0.25) is 4.79 Å². The Balaban J connectivity index is 2.54. The Bertz CT molecular complexity index is 215. The van der Waals surface area contributed by atoms with Crippen molar-refractivity contribution in [2.75, 3.05) is 13.1 Å². The molecule has 0 N–H and O–H groups in total. The highest BCUT2D eigenvalue weighted by Crippen LogP contribution is 2.33. The van der Waals surface area contributed by atoms with Gasteiger partial charge in [-0.1, -0.05) is 34.6 Å². The number of carbonyl (C=O) groups excluding carboxylic acids is 1. The molecule has 0 radical (unpaired) electrons. The minimum Gasteiger partial charge on any atom is -0.342 e. The topological polar surface area (TPSA) is 20.3 Å². The van der Waals surface area contributed by atoms with Gasteiger partial charge in [-0.25, -0.2) is 0 Å². The molecule has 1 rings (SSSR count). The molecule has 1 amide bonds. The van der Waals surface area contributed by atoms with Gasteiger partial charge in [0.05, 0.1) is 0 Å². The number of likely N-dealkylation sites (tertiary alicyclic amines) is 1. The van der Waals surface area contributed by atoms with E-state index in [2.05, 4.69) is 20.8 Å². The fourth-order valence-electron chi connectivity index (χ4n) is 2.03. The summed E-state index contributed by atoms with van der Waals surface area (Å²) in [4.78, 5) is 13.8. The molecule has 1 fully saturated rings. The third-order valence-electron chi connectivity index (χ3n) is 3.22. The summed E-state index contributed by atoms with van der Waals surface area (Å²) in [6.45, 7) is 12.7. The number of hydrogen-bond donors (Lipinski definition) is 0. The Kier molecular flexibility index (Phi) is 3.23. The standard InChI is InChI=1S/C12H23NO/c1-9(2)11(14)13-7-6-10(8-13)12(3,4)5/h9-10H,6-8H2,1-5H3. The molecular weight excluding hydrogens is 174 g/mol. The van der Waals surface area contributed by atoms with Crippen molar-refractivity contribution in [3.63, 3.8) is 0 Å². The van der Waals surface area contributed by atoms with Crippen molar-refractivity contribution in [3.05, 3.63) is 0 Å². The molecule has 0 bridgehead atoms. The number of amides is 1. The molecule has 1 aliphatic rings. The maximum Gasteiger partial charge on any atom is 0.225 e. The normalized spacial score (nSPS) is 23.3. The maximum absolute atomic E-state index is 11.7. The van der Waals surface area contributed by atoms with E-state index in [1.54, 1.807) is 0 Å². The lowest BCUT2D eigenvalue weighted by molar-refractivity contribution is -0.133. The predicted molar refractivity (Wildman–Crippen MR) is 59.0 cm³/mol. The first-order chi connectivity index (χ1) is 6.32. The third kappa shape index (κ3) is 2.49. The monoisotopic (exact) mass is 197 g/mol. The molecule has 2 heteroatoms. The Hall–Kier alpha value is -0.530. The van der Waals surface area contributed by atoms with E-state index < -0.39 is 0 Å². The summed E-state index contributed by atoms with van der Waals surface area (Å²) in [6.07, 6.45) is 1.17.